The van der Waals surface area contributed by atoms with E-state index in [4.69, 9.17) is 14.2 Å². The Morgan fingerprint density at radius 3 is 2.86 bits per heavy atom. The van der Waals surface area contributed by atoms with Crippen molar-refractivity contribution in [3.63, 3.8) is 0 Å². The highest BCUT2D eigenvalue weighted by Gasteiger charge is 2.15. The van der Waals surface area contributed by atoms with E-state index in [1.807, 2.05) is 24.3 Å². The van der Waals surface area contributed by atoms with Gasteiger partial charge in [-0.25, -0.2) is 0 Å². The SMILES string of the molecule is COC(=O)Cn1c(=NC(=O)Cc2ccc3c(c2)OCO3)sc2cc(Br)ccc21. The number of thiazole rings is 1. The third kappa shape index (κ3) is 3.81. The highest BCUT2D eigenvalue weighted by atomic mass is 79.9. The number of nitrogens with zero attached hydrogens (tertiary/aromatic N) is 2. The number of esters is 1. The normalized spacial score (nSPS) is 13.1. The number of ether oxygens (including phenoxy) is 3. The van der Waals surface area contributed by atoms with Crippen LogP contribution in [0, 0.1) is 0 Å². The number of rotatable bonds is 4. The molecule has 0 spiro atoms. The Kier molecular flexibility index (Phi) is 5.19. The number of amides is 1. The lowest BCUT2D eigenvalue weighted by molar-refractivity contribution is -0.141. The van der Waals surface area contributed by atoms with Crippen LogP contribution >= 0.6 is 27.3 Å². The first-order chi connectivity index (χ1) is 13.5. The third-order valence-electron chi connectivity index (χ3n) is 4.17. The maximum absolute atomic E-state index is 12.6. The predicted octanol–water partition coefficient (Wildman–Crippen LogP) is 3.04. The Morgan fingerprint density at radius 2 is 2.04 bits per heavy atom. The summed E-state index contributed by atoms with van der Waals surface area (Å²) in [5.74, 6) is 0.562. The Hall–Kier alpha value is -2.65. The molecule has 0 aliphatic carbocycles. The first-order valence-corrected chi connectivity index (χ1v) is 9.96. The summed E-state index contributed by atoms with van der Waals surface area (Å²) < 4.78 is 18.9. The van der Waals surface area contributed by atoms with Crippen LogP contribution in [0.2, 0.25) is 0 Å². The number of halogens is 1. The zero-order valence-corrected chi connectivity index (χ0v) is 17.2. The van der Waals surface area contributed by atoms with E-state index in [0.717, 1.165) is 20.3 Å². The zero-order chi connectivity index (χ0) is 19.7. The molecule has 2 heterocycles. The molecule has 1 aromatic heterocycles. The van der Waals surface area contributed by atoms with Crippen molar-refractivity contribution in [2.75, 3.05) is 13.9 Å². The minimum atomic E-state index is -0.410. The molecule has 1 amide bonds. The van der Waals surface area contributed by atoms with Crippen molar-refractivity contribution in [1.29, 1.82) is 0 Å². The van der Waals surface area contributed by atoms with Crippen LogP contribution in [0.1, 0.15) is 5.56 Å². The van der Waals surface area contributed by atoms with Crippen molar-refractivity contribution in [3.8, 4) is 11.5 Å². The van der Waals surface area contributed by atoms with Gasteiger partial charge in [-0.2, -0.15) is 4.99 Å². The first kappa shape index (κ1) is 18.7. The van der Waals surface area contributed by atoms with E-state index in [1.165, 1.54) is 18.4 Å². The van der Waals surface area contributed by atoms with Crippen molar-refractivity contribution < 1.29 is 23.8 Å². The summed E-state index contributed by atoms with van der Waals surface area (Å²) in [6, 6.07) is 11.0. The largest absolute Gasteiger partial charge is 0.468 e. The predicted molar refractivity (Wildman–Crippen MR) is 106 cm³/mol. The van der Waals surface area contributed by atoms with E-state index in [0.29, 0.717) is 16.3 Å². The molecule has 0 bridgehead atoms. The summed E-state index contributed by atoms with van der Waals surface area (Å²) in [6.45, 7) is 0.163. The molecular weight excluding hydrogens is 448 g/mol. The second-order valence-corrected chi connectivity index (χ2v) is 7.95. The molecule has 0 fully saturated rings. The summed E-state index contributed by atoms with van der Waals surface area (Å²) in [5, 5.41) is 0. The molecule has 3 aromatic rings. The number of fused-ring (bicyclic) bond motifs is 2. The van der Waals surface area contributed by atoms with Gasteiger partial charge in [0.1, 0.15) is 6.54 Å². The highest BCUT2D eigenvalue weighted by Crippen LogP contribution is 2.32. The van der Waals surface area contributed by atoms with Gasteiger partial charge < -0.3 is 18.8 Å². The molecule has 1 aliphatic heterocycles. The van der Waals surface area contributed by atoms with Gasteiger partial charge in [-0.3, -0.25) is 9.59 Å². The molecule has 0 saturated carbocycles. The summed E-state index contributed by atoms with van der Waals surface area (Å²) in [5.41, 5.74) is 1.59. The monoisotopic (exact) mass is 462 g/mol. The van der Waals surface area contributed by atoms with Crippen molar-refractivity contribution in [1.82, 2.24) is 4.57 Å². The second kappa shape index (κ2) is 7.76. The lowest BCUT2D eigenvalue weighted by Crippen LogP contribution is -2.22. The molecule has 7 nitrogen and oxygen atoms in total. The first-order valence-electron chi connectivity index (χ1n) is 8.35. The number of methoxy groups -OCH3 is 1. The summed E-state index contributed by atoms with van der Waals surface area (Å²) in [4.78, 5) is 29.1. The van der Waals surface area contributed by atoms with Gasteiger partial charge in [0.05, 0.1) is 23.7 Å². The number of carbonyl (C=O) groups excluding carboxylic acids is 2. The molecule has 9 heteroatoms. The fourth-order valence-corrected chi connectivity index (χ4v) is 4.45. The van der Waals surface area contributed by atoms with Crippen LogP contribution in [0.5, 0.6) is 11.5 Å². The zero-order valence-electron chi connectivity index (χ0n) is 14.8. The molecular formula is C19H15BrN2O5S. The summed E-state index contributed by atoms with van der Waals surface area (Å²) in [6.07, 6.45) is 0.118. The average Bonchev–Trinajstić information content (AvgIpc) is 3.25. The molecule has 2 aromatic carbocycles. The van der Waals surface area contributed by atoms with E-state index < -0.39 is 5.97 Å². The fraction of sp³-hybridized carbons (Fsp3) is 0.211. The Labute approximate surface area is 172 Å². The van der Waals surface area contributed by atoms with Gasteiger partial charge in [0.15, 0.2) is 16.3 Å². The van der Waals surface area contributed by atoms with Crippen LogP contribution in [0.15, 0.2) is 45.9 Å². The van der Waals surface area contributed by atoms with Crippen LogP contribution in [0.25, 0.3) is 10.2 Å². The molecule has 28 heavy (non-hydrogen) atoms. The molecule has 4 rings (SSSR count). The topological polar surface area (TPSA) is 79.1 Å². The molecule has 0 unspecified atom stereocenters. The van der Waals surface area contributed by atoms with Crippen LogP contribution in [-0.2, 0) is 27.3 Å². The van der Waals surface area contributed by atoms with Crippen molar-refractivity contribution in [3.05, 3.63) is 51.2 Å². The van der Waals surface area contributed by atoms with Gasteiger partial charge in [0.2, 0.25) is 6.79 Å². The Morgan fingerprint density at radius 1 is 1.21 bits per heavy atom. The highest BCUT2D eigenvalue weighted by molar-refractivity contribution is 9.10. The lowest BCUT2D eigenvalue weighted by Gasteiger charge is -2.04. The Bertz CT molecular complexity index is 1150. The van der Waals surface area contributed by atoms with E-state index in [-0.39, 0.29) is 25.7 Å². The third-order valence-corrected chi connectivity index (χ3v) is 5.71. The second-order valence-electron chi connectivity index (χ2n) is 6.03. The van der Waals surface area contributed by atoms with Crippen LogP contribution in [-0.4, -0.2) is 30.3 Å². The Balaban J connectivity index is 1.68. The maximum Gasteiger partial charge on any atom is 0.325 e. The molecule has 0 saturated heterocycles. The number of aromatic nitrogens is 1. The summed E-state index contributed by atoms with van der Waals surface area (Å²) >= 11 is 4.78. The van der Waals surface area contributed by atoms with Gasteiger partial charge in [-0.15, -0.1) is 0 Å². The van der Waals surface area contributed by atoms with Gasteiger partial charge in [0.25, 0.3) is 5.91 Å². The fourth-order valence-electron chi connectivity index (χ4n) is 2.85. The van der Waals surface area contributed by atoms with Gasteiger partial charge in [0, 0.05) is 4.47 Å². The van der Waals surface area contributed by atoms with E-state index in [1.54, 1.807) is 16.7 Å². The van der Waals surface area contributed by atoms with Crippen molar-refractivity contribution in [2.45, 2.75) is 13.0 Å². The van der Waals surface area contributed by atoms with Crippen molar-refractivity contribution >= 4 is 49.4 Å². The lowest BCUT2D eigenvalue weighted by atomic mass is 10.1. The van der Waals surface area contributed by atoms with Crippen LogP contribution in [0.3, 0.4) is 0 Å². The number of hydrogen-bond acceptors (Lipinski definition) is 6. The molecule has 0 N–H and O–H groups in total. The van der Waals surface area contributed by atoms with Crippen molar-refractivity contribution in [2.24, 2.45) is 4.99 Å². The van der Waals surface area contributed by atoms with Gasteiger partial charge in [-0.1, -0.05) is 33.3 Å². The summed E-state index contributed by atoms with van der Waals surface area (Å²) in [7, 11) is 1.33. The molecule has 144 valence electrons. The number of carbonyl (C=O) groups is 2. The molecule has 1 aliphatic rings. The molecule has 0 atom stereocenters. The van der Waals surface area contributed by atoms with Crippen LogP contribution in [0.4, 0.5) is 0 Å². The standard InChI is InChI=1S/C19H15BrN2O5S/c1-25-18(24)9-22-13-4-3-12(20)8-16(13)28-19(22)21-17(23)7-11-2-5-14-15(6-11)27-10-26-14/h2-6,8H,7,9-10H2,1H3. The minimum absolute atomic E-state index is 0.0196. The van der Waals surface area contributed by atoms with Gasteiger partial charge >= 0.3 is 5.97 Å². The van der Waals surface area contributed by atoms with Gasteiger partial charge in [-0.05, 0) is 35.9 Å². The van der Waals surface area contributed by atoms with Crippen LogP contribution < -0.4 is 14.3 Å². The quantitative estimate of drug-likeness (QED) is 0.556. The van der Waals surface area contributed by atoms with E-state index >= 15 is 0 Å². The average molecular weight is 463 g/mol. The molecule has 0 radical (unpaired) electrons. The number of hydrogen-bond donors (Lipinski definition) is 0. The minimum Gasteiger partial charge on any atom is -0.468 e. The smallest absolute Gasteiger partial charge is 0.325 e. The van der Waals surface area contributed by atoms with E-state index in [2.05, 4.69) is 20.9 Å². The number of benzene rings is 2. The van der Waals surface area contributed by atoms with E-state index in [9.17, 15) is 9.59 Å². The maximum atomic E-state index is 12.6.